The van der Waals surface area contributed by atoms with Gasteiger partial charge in [-0.25, -0.2) is 4.98 Å². The van der Waals surface area contributed by atoms with Gasteiger partial charge in [-0.1, -0.05) is 36.4 Å². The highest BCUT2D eigenvalue weighted by Gasteiger charge is 2.30. The van der Waals surface area contributed by atoms with E-state index in [9.17, 15) is 9.90 Å². The third kappa shape index (κ3) is 4.89. The van der Waals surface area contributed by atoms with Gasteiger partial charge in [0, 0.05) is 29.9 Å². The van der Waals surface area contributed by atoms with E-state index in [4.69, 9.17) is 4.42 Å². The van der Waals surface area contributed by atoms with E-state index in [2.05, 4.69) is 36.1 Å². The van der Waals surface area contributed by atoms with E-state index in [0.717, 1.165) is 17.5 Å². The van der Waals surface area contributed by atoms with Crippen molar-refractivity contribution in [3.8, 4) is 11.5 Å². The van der Waals surface area contributed by atoms with Crippen LogP contribution in [-0.2, 0) is 6.42 Å². The molecule has 0 bridgehead atoms. The molecule has 0 saturated heterocycles. The summed E-state index contributed by atoms with van der Waals surface area (Å²) >= 11 is 0. The fraction of sp³-hybridized carbons (Fsp3) is 0.269. The standard InChI is InChI=1S/C26H27N7O3/c1-15-32-33-24(36-15)20-13-27-25(30-22(20)29-21(14-34)16-7-5-4-6-8-16)28-18-10-9-17-12-26(2,3)31-23(35)19(17)11-18/h4-11,13,21,34H,12,14H2,1-3H3,(H,31,35)(H2,27,28,29,30)/t21-/m1/s1. The first-order valence-electron chi connectivity index (χ1n) is 11.6. The van der Waals surface area contributed by atoms with Crippen LogP contribution in [0.3, 0.4) is 0 Å². The number of nitrogens with one attached hydrogen (secondary N) is 3. The number of aliphatic hydroxyl groups is 1. The zero-order valence-corrected chi connectivity index (χ0v) is 20.2. The molecule has 1 atom stereocenters. The number of aryl methyl sites for hydroxylation is 1. The van der Waals surface area contributed by atoms with Crippen LogP contribution >= 0.6 is 0 Å². The van der Waals surface area contributed by atoms with Gasteiger partial charge in [-0.3, -0.25) is 4.79 Å². The van der Waals surface area contributed by atoms with Crippen molar-refractivity contribution >= 4 is 23.4 Å². The van der Waals surface area contributed by atoms with E-state index in [-0.39, 0.29) is 23.9 Å². The molecule has 1 aliphatic rings. The fourth-order valence-electron chi connectivity index (χ4n) is 4.24. The van der Waals surface area contributed by atoms with Gasteiger partial charge in [-0.15, -0.1) is 10.2 Å². The van der Waals surface area contributed by atoms with E-state index >= 15 is 0 Å². The zero-order valence-electron chi connectivity index (χ0n) is 20.2. The Morgan fingerprint density at radius 2 is 1.94 bits per heavy atom. The Bertz CT molecular complexity index is 1400. The minimum atomic E-state index is -0.424. The maximum absolute atomic E-state index is 12.6. The monoisotopic (exact) mass is 485 g/mol. The molecule has 36 heavy (non-hydrogen) atoms. The Kier molecular flexibility index (Phi) is 6.11. The maximum Gasteiger partial charge on any atom is 0.253 e. The number of aliphatic hydroxyl groups excluding tert-OH is 1. The molecule has 0 fully saturated rings. The molecule has 0 aliphatic carbocycles. The molecule has 2 aromatic carbocycles. The molecular formula is C26H27N7O3. The summed E-state index contributed by atoms with van der Waals surface area (Å²) in [6.07, 6.45) is 2.33. The van der Waals surface area contributed by atoms with Gasteiger partial charge >= 0.3 is 0 Å². The number of rotatable bonds is 7. The van der Waals surface area contributed by atoms with Gasteiger partial charge in [0.15, 0.2) is 0 Å². The number of carbonyl (C=O) groups is 1. The Hall–Kier alpha value is -4.31. The van der Waals surface area contributed by atoms with E-state index in [1.807, 2.05) is 56.3 Å². The molecule has 4 N–H and O–H groups in total. The second-order valence-corrected chi connectivity index (χ2v) is 9.38. The van der Waals surface area contributed by atoms with Crippen LogP contribution in [0.2, 0.25) is 0 Å². The lowest BCUT2D eigenvalue weighted by molar-refractivity contribution is 0.0897. The molecule has 1 aliphatic heterocycles. The van der Waals surface area contributed by atoms with Crippen LogP contribution in [-0.4, -0.2) is 43.3 Å². The van der Waals surface area contributed by atoms with Crippen molar-refractivity contribution in [3.63, 3.8) is 0 Å². The third-order valence-electron chi connectivity index (χ3n) is 5.94. The van der Waals surface area contributed by atoms with Crippen LogP contribution in [0.15, 0.2) is 59.1 Å². The highest BCUT2D eigenvalue weighted by Crippen LogP contribution is 2.31. The molecule has 0 radical (unpaired) electrons. The first-order valence-corrected chi connectivity index (χ1v) is 11.6. The SMILES string of the molecule is Cc1nnc(-c2cnc(Nc3ccc4c(c3)C(=O)NC(C)(C)C4)nc2N[C@H](CO)c2ccccc2)o1. The van der Waals surface area contributed by atoms with Crippen molar-refractivity contribution in [2.24, 2.45) is 0 Å². The first-order chi connectivity index (χ1) is 17.3. The molecule has 5 rings (SSSR count). The van der Waals surface area contributed by atoms with Gasteiger partial charge in [-0.05, 0) is 43.5 Å². The fourth-order valence-corrected chi connectivity index (χ4v) is 4.24. The van der Waals surface area contributed by atoms with Crippen LogP contribution in [0.4, 0.5) is 17.5 Å². The highest BCUT2D eigenvalue weighted by molar-refractivity contribution is 5.98. The number of nitrogens with zero attached hydrogens (tertiary/aromatic N) is 4. The van der Waals surface area contributed by atoms with E-state index in [1.54, 1.807) is 19.2 Å². The lowest BCUT2D eigenvalue weighted by atomic mass is 9.87. The van der Waals surface area contributed by atoms with Crippen LogP contribution in [0.5, 0.6) is 0 Å². The number of hydrogen-bond donors (Lipinski definition) is 4. The molecule has 0 spiro atoms. The van der Waals surface area contributed by atoms with Crippen LogP contribution < -0.4 is 16.0 Å². The van der Waals surface area contributed by atoms with Crippen LogP contribution in [0.25, 0.3) is 11.5 Å². The Morgan fingerprint density at radius 1 is 1.14 bits per heavy atom. The summed E-state index contributed by atoms with van der Waals surface area (Å²) in [4.78, 5) is 21.7. The summed E-state index contributed by atoms with van der Waals surface area (Å²) < 4.78 is 5.61. The third-order valence-corrected chi connectivity index (χ3v) is 5.94. The minimum Gasteiger partial charge on any atom is -0.421 e. The highest BCUT2D eigenvalue weighted by atomic mass is 16.4. The topological polar surface area (TPSA) is 138 Å². The van der Waals surface area contributed by atoms with E-state index in [0.29, 0.717) is 34.5 Å². The summed E-state index contributed by atoms with van der Waals surface area (Å²) in [5.41, 5.74) is 3.41. The van der Waals surface area contributed by atoms with Gasteiger partial charge in [0.25, 0.3) is 11.8 Å². The predicted molar refractivity (Wildman–Crippen MR) is 135 cm³/mol. The molecule has 184 valence electrons. The number of carbonyl (C=O) groups excluding carboxylic acids is 1. The number of fused-ring (bicyclic) bond motifs is 1. The molecule has 1 amide bonds. The van der Waals surface area contributed by atoms with E-state index < -0.39 is 6.04 Å². The molecule has 10 nitrogen and oxygen atoms in total. The largest absolute Gasteiger partial charge is 0.421 e. The van der Waals surface area contributed by atoms with Crippen molar-refractivity contribution in [3.05, 3.63) is 77.3 Å². The quantitative estimate of drug-likeness (QED) is 0.308. The Morgan fingerprint density at radius 3 is 2.67 bits per heavy atom. The van der Waals surface area contributed by atoms with Gasteiger partial charge in [0.2, 0.25) is 11.8 Å². The van der Waals surface area contributed by atoms with Crippen molar-refractivity contribution < 1.29 is 14.3 Å². The molecule has 3 heterocycles. The summed E-state index contributed by atoms with van der Waals surface area (Å²) in [5, 5.41) is 27.6. The molecule has 2 aromatic heterocycles. The molecule has 0 saturated carbocycles. The molecule has 0 unspecified atom stereocenters. The molecular weight excluding hydrogens is 458 g/mol. The van der Waals surface area contributed by atoms with Crippen LogP contribution in [0, 0.1) is 6.92 Å². The van der Waals surface area contributed by atoms with Gasteiger partial charge in [0.05, 0.1) is 18.2 Å². The molecule has 10 heteroatoms. The zero-order chi connectivity index (χ0) is 25.3. The van der Waals surface area contributed by atoms with Crippen molar-refractivity contribution in [2.75, 3.05) is 17.2 Å². The normalized spacial score (nSPS) is 15.1. The summed E-state index contributed by atoms with van der Waals surface area (Å²) in [6.45, 7) is 5.55. The van der Waals surface area contributed by atoms with Crippen molar-refractivity contribution in [1.82, 2.24) is 25.5 Å². The van der Waals surface area contributed by atoms with Crippen molar-refractivity contribution in [1.29, 1.82) is 0 Å². The second kappa shape index (κ2) is 9.38. The summed E-state index contributed by atoms with van der Waals surface area (Å²) in [7, 11) is 0. The van der Waals surface area contributed by atoms with Crippen molar-refractivity contribution in [2.45, 2.75) is 38.8 Å². The number of benzene rings is 2. The Balaban J connectivity index is 1.47. The van der Waals surface area contributed by atoms with Gasteiger partial charge in [-0.2, -0.15) is 4.98 Å². The van der Waals surface area contributed by atoms with Gasteiger partial charge in [0.1, 0.15) is 5.82 Å². The first kappa shape index (κ1) is 23.4. The lowest BCUT2D eigenvalue weighted by Crippen LogP contribution is -2.49. The van der Waals surface area contributed by atoms with E-state index in [1.165, 1.54) is 0 Å². The second-order valence-electron chi connectivity index (χ2n) is 9.38. The predicted octanol–water partition coefficient (Wildman–Crippen LogP) is 3.79. The smallest absolute Gasteiger partial charge is 0.253 e. The number of hydrogen-bond acceptors (Lipinski definition) is 9. The number of anilines is 3. The average molecular weight is 486 g/mol. The van der Waals surface area contributed by atoms with Gasteiger partial charge < -0.3 is 25.5 Å². The summed E-state index contributed by atoms with van der Waals surface area (Å²) in [6, 6.07) is 14.8. The summed E-state index contributed by atoms with van der Waals surface area (Å²) in [5.74, 6) is 1.29. The van der Waals surface area contributed by atoms with Crippen LogP contribution in [0.1, 0.15) is 47.3 Å². The maximum atomic E-state index is 12.6. The minimum absolute atomic E-state index is 0.107. The Labute approximate surface area is 208 Å². The average Bonchev–Trinajstić information content (AvgIpc) is 3.29. The number of amides is 1. The molecule has 4 aromatic rings. The number of aromatic nitrogens is 4. The lowest BCUT2D eigenvalue weighted by Gasteiger charge is -2.32.